The SMILES string of the molecule is C=C(/C=C(/N)C(=C)O)NC. The van der Waals surface area contributed by atoms with Gasteiger partial charge in [0, 0.05) is 12.7 Å². The Morgan fingerprint density at radius 3 is 2.40 bits per heavy atom. The monoisotopic (exact) mass is 140 g/mol. The summed E-state index contributed by atoms with van der Waals surface area (Å²) in [6, 6.07) is 0. The fourth-order valence-electron chi connectivity index (χ4n) is 0.343. The summed E-state index contributed by atoms with van der Waals surface area (Å²) in [5.41, 5.74) is 6.16. The van der Waals surface area contributed by atoms with Crippen molar-refractivity contribution in [1.29, 1.82) is 0 Å². The molecule has 56 valence electrons. The van der Waals surface area contributed by atoms with Crippen LogP contribution < -0.4 is 11.1 Å². The lowest BCUT2D eigenvalue weighted by Gasteiger charge is -1.99. The van der Waals surface area contributed by atoms with Crippen LogP contribution >= 0.6 is 0 Å². The molecule has 0 radical (unpaired) electrons. The smallest absolute Gasteiger partial charge is 0.131 e. The van der Waals surface area contributed by atoms with E-state index in [1.807, 2.05) is 0 Å². The first-order valence-electron chi connectivity index (χ1n) is 2.80. The van der Waals surface area contributed by atoms with E-state index in [0.717, 1.165) is 0 Å². The minimum atomic E-state index is -0.142. The van der Waals surface area contributed by atoms with Crippen LogP contribution in [0.15, 0.2) is 36.4 Å². The number of aliphatic hydroxyl groups excluding tert-OH is 1. The molecule has 0 rings (SSSR count). The van der Waals surface area contributed by atoms with E-state index in [1.54, 1.807) is 7.05 Å². The van der Waals surface area contributed by atoms with Crippen molar-refractivity contribution >= 4 is 0 Å². The highest BCUT2D eigenvalue weighted by Gasteiger charge is 1.92. The van der Waals surface area contributed by atoms with Gasteiger partial charge in [-0.25, -0.2) is 0 Å². The minimum absolute atomic E-state index is 0.142. The van der Waals surface area contributed by atoms with Crippen molar-refractivity contribution in [2.45, 2.75) is 0 Å². The van der Waals surface area contributed by atoms with Gasteiger partial charge in [-0.1, -0.05) is 13.2 Å². The molecular formula is C7H12N2O. The third kappa shape index (κ3) is 2.81. The molecule has 0 amide bonds. The Morgan fingerprint density at radius 2 is 2.10 bits per heavy atom. The molecule has 0 spiro atoms. The molecule has 0 heterocycles. The number of allylic oxidation sites excluding steroid dienone is 1. The summed E-state index contributed by atoms with van der Waals surface area (Å²) in [5, 5.41) is 11.5. The third-order valence-corrected chi connectivity index (χ3v) is 0.984. The van der Waals surface area contributed by atoms with Gasteiger partial charge in [-0.3, -0.25) is 0 Å². The van der Waals surface area contributed by atoms with Gasteiger partial charge in [0.25, 0.3) is 0 Å². The summed E-state index contributed by atoms with van der Waals surface area (Å²) in [7, 11) is 1.71. The normalized spacial score (nSPS) is 10.7. The molecule has 0 aromatic carbocycles. The maximum absolute atomic E-state index is 8.71. The van der Waals surface area contributed by atoms with Gasteiger partial charge in [0.2, 0.25) is 0 Å². The molecule has 0 unspecified atom stereocenters. The van der Waals surface area contributed by atoms with Crippen molar-refractivity contribution in [3.63, 3.8) is 0 Å². The van der Waals surface area contributed by atoms with Gasteiger partial charge in [0.05, 0.1) is 5.70 Å². The van der Waals surface area contributed by atoms with Crippen LogP contribution in [0.3, 0.4) is 0 Å². The number of nitrogens with two attached hydrogens (primary N) is 1. The lowest BCUT2D eigenvalue weighted by atomic mass is 10.3. The Morgan fingerprint density at radius 1 is 1.60 bits per heavy atom. The van der Waals surface area contributed by atoms with Crippen LogP contribution in [0, 0.1) is 0 Å². The first kappa shape index (κ1) is 8.62. The topological polar surface area (TPSA) is 58.3 Å². The summed E-state index contributed by atoms with van der Waals surface area (Å²) < 4.78 is 0. The second-order valence-corrected chi connectivity index (χ2v) is 1.82. The largest absolute Gasteiger partial charge is 0.506 e. The predicted octanol–water partition coefficient (Wildman–Crippen LogP) is 0.634. The van der Waals surface area contributed by atoms with E-state index in [0.29, 0.717) is 5.70 Å². The van der Waals surface area contributed by atoms with E-state index in [2.05, 4.69) is 18.5 Å². The molecule has 0 fully saturated rings. The van der Waals surface area contributed by atoms with Gasteiger partial charge in [-0.15, -0.1) is 0 Å². The fraction of sp³-hybridized carbons (Fsp3) is 0.143. The van der Waals surface area contributed by atoms with E-state index >= 15 is 0 Å². The predicted molar refractivity (Wildman–Crippen MR) is 42.2 cm³/mol. The Kier molecular flexibility index (Phi) is 3.11. The second kappa shape index (κ2) is 3.61. The molecule has 0 aliphatic heterocycles. The highest BCUT2D eigenvalue weighted by molar-refractivity contribution is 5.26. The van der Waals surface area contributed by atoms with E-state index in [4.69, 9.17) is 10.8 Å². The van der Waals surface area contributed by atoms with E-state index in [9.17, 15) is 0 Å². The van der Waals surface area contributed by atoms with Gasteiger partial charge in [0.15, 0.2) is 0 Å². The van der Waals surface area contributed by atoms with Crippen LogP contribution in [-0.2, 0) is 0 Å². The van der Waals surface area contributed by atoms with E-state index in [1.165, 1.54) is 6.08 Å². The molecule has 0 saturated heterocycles. The summed E-state index contributed by atoms with van der Waals surface area (Å²) in [6.07, 6.45) is 1.50. The number of nitrogens with one attached hydrogen (secondary N) is 1. The number of hydrogen-bond donors (Lipinski definition) is 3. The van der Waals surface area contributed by atoms with Gasteiger partial charge >= 0.3 is 0 Å². The number of hydrogen-bond acceptors (Lipinski definition) is 3. The average Bonchev–Trinajstić information content (AvgIpc) is 1.87. The van der Waals surface area contributed by atoms with Crippen molar-refractivity contribution in [1.82, 2.24) is 5.32 Å². The van der Waals surface area contributed by atoms with Crippen LogP contribution in [0.25, 0.3) is 0 Å². The highest BCUT2D eigenvalue weighted by Crippen LogP contribution is 1.97. The van der Waals surface area contributed by atoms with E-state index in [-0.39, 0.29) is 11.5 Å². The molecule has 0 aliphatic carbocycles. The maximum atomic E-state index is 8.71. The average molecular weight is 140 g/mol. The molecule has 10 heavy (non-hydrogen) atoms. The van der Waals surface area contributed by atoms with E-state index < -0.39 is 0 Å². The Balaban J connectivity index is 4.16. The van der Waals surface area contributed by atoms with Crippen molar-refractivity contribution < 1.29 is 5.11 Å². The van der Waals surface area contributed by atoms with Gasteiger partial charge in [0.1, 0.15) is 5.76 Å². The van der Waals surface area contributed by atoms with Crippen LogP contribution in [0.2, 0.25) is 0 Å². The summed E-state index contributed by atoms with van der Waals surface area (Å²) in [6.45, 7) is 6.81. The zero-order chi connectivity index (χ0) is 8.15. The Bertz CT molecular complexity index is 182. The lowest BCUT2D eigenvalue weighted by molar-refractivity contribution is 0.424. The first-order valence-corrected chi connectivity index (χ1v) is 2.80. The number of likely N-dealkylation sites (N-methyl/N-ethyl adjacent to an activating group) is 1. The molecular weight excluding hydrogens is 128 g/mol. The fourth-order valence-corrected chi connectivity index (χ4v) is 0.343. The highest BCUT2D eigenvalue weighted by atomic mass is 16.3. The molecule has 0 saturated carbocycles. The van der Waals surface area contributed by atoms with Crippen molar-refractivity contribution in [2.24, 2.45) is 5.73 Å². The summed E-state index contributed by atoms with van der Waals surface area (Å²) >= 11 is 0. The number of aliphatic hydroxyl groups is 1. The zero-order valence-electron chi connectivity index (χ0n) is 6.02. The van der Waals surface area contributed by atoms with Crippen LogP contribution in [-0.4, -0.2) is 12.2 Å². The zero-order valence-corrected chi connectivity index (χ0v) is 6.02. The van der Waals surface area contributed by atoms with Gasteiger partial charge in [-0.05, 0) is 6.08 Å². The second-order valence-electron chi connectivity index (χ2n) is 1.82. The Labute approximate surface area is 60.5 Å². The molecule has 0 aromatic rings. The molecule has 0 aromatic heterocycles. The molecule has 0 aliphatic rings. The first-order chi connectivity index (χ1) is 4.57. The molecule has 3 heteroatoms. The summed E-state index contributed by atoms with van der Waals surface area (Å²) in [4.78, 5) is 0. The summed E-state index contributed by atoms with van der Waals surface area (Å²) in [5.74, 6) is -0.142. The van der Waals surface area contributed by atoms with Crippen molar-refractivity contribution in [3.05, 3.63) is 36.4 Å². The quantitative estimate of drug-likeness (QED) is 0.398. The Hall–Kier alpha value is -1.38. The van der Waals surface area contributed by atoms with Crippen molar-refractivity contribution in [2.75, 3.05) is 7.05 Å². The standard InChI is InChI=1S/C7H12N2O/c1-5(9-3)4-7(8)6(2)10/h4,9-10H,1-2,8H2,3H3/b7-4+. The number of rotatable bonds is 3. The molecule has 0 atom stereocenters. The van der Waals surface area contributed by atoms with Gasteiger partial charge < -0.3 is 16.2 Å². The van der Waals surface area contributed by atoms with Crippen molar-refractivity contribution in [3.8, 4) is 0 Å². The molecule has 3 nitrogen and oxygen atoms in total. The molecule has 0 bridgehead atoms. The van der Waals surface area contributed by atoms with Crippen LogP contribution in [0.1, 0.15) is 0 Å². The van der Waals surface area contributed by atoms with Crippen LogP contribution in [0.5, 0.6) is 0 Å². The van der Waals surface area contributed by atoms with Crippen LogP contribution in [0.4, 0.5) is 0 Å². The lowest BCUT2D eigenvalue weighted by Crippen LogP contribution is -2.06. The minimum Gasteiger partial charge on any atom is -0.506 e. The molecule has 4 N–H and O–H groups in total. The van der Waals surface area contributed by atoms with Gasteiger partial charge in [-0.2, -0.15) is 0 Å². The maximum Gasteiger partial charge on any atom is 0.131 e. The third-order valence-electron chi connectivity index (χ3n) is 0.984.